The first-order chi connectivity index (χ1) is 9.24. The molecule has 1 N–H and O–H groups in total. The van der Waals surface area contributed by atoms with E-state index in [2.05, 4.69) is 37.4 Å². The molecule has 19 heavy (non-hydrogen) atoms. The van der Waals surface area contributed by atoms with Gasteiger partial charge in [-0.15, -0.1) is 0 Å². The molecule has 2 nitrogen and oxygen atoms in total. The van der Waals surface area contributed by atoms with Crippen molar-refractivity contribution >= 4 is 0 Å². The number of ether oxygens (including phenoxy) is 1. The first kappa shape index (κ1) is 14.4. The van der Waals surface area contributed by atoms with Crippen LogP contribution in [0.4, 0.5) is 0 Å². The monoisotopic (exact) mass is 261 g/mol. The summed E-state index contributed by atoms with van der Waals surface area (Å²) in [5.41, 5.74) is 1.38. The molecular formula is C17H27NO. The summed E-state index contributed by atoms with van der Waals surface area (Å²) in [5, 5.41) is 3.74. The zero-order chi connectivity index (χ0) is 13.7. The minimum Gasteiger partial charge on any atom is -0.497 e. The van der Waals surface area contributed by atoms with Gasteiger partial charge in [0.25, 0.3) is 0 Å². The molecule has 3 atom stereocenters. The molecule has 1 aliphatic carbocycles. The molecule has 0 aromatic heterocycles. The SMILES string of the molecule is CCCNC(c1cccc(OC)c1)C1CCC(C)C1. The molecule has 0 amide bonds. The normalized spacial score (nSPS) is 24.4. The van der Waals surface area contributed by atoms with Crippen molar-refractivity contribution in [1.29, 1.82) is 0 Å². The highest BCUT2D eigenvalue weighted by Gasteiger charge is 2.29. The molecule has 1 aromatic rings. The van der Waals surface area contributed by atoms with Crippen LogP contribution in [0.15, 0.2) is 24.3 Å². The van der Waals surface area contributed by atoms with E-state index in [1.54, 1.807) is 7.11 Å². The summed E-state index contributed by atoms with van der Waals surface area (Å²) in [4.78, 5) is 0. The Morgan fingerprint density at radius 1 is 1.37 bits per heavy atom. The highest BCUT2D eigenvalue weighted by atomic mass is 16.5. The fourth-order valence-corrected chi connectivity index (χ4v) is 3.25. The van der Waals surface area contributed by atoms with E-state index in [0.717, 1.165) is 24.1 Å². The quantitative estimate of drug-likeness (QED) is 0.829. The van der Waals surface area contributed by atoms with Crippen LogP contribution in [0.2, 0.25) is 0 Å². The Hall–Kier alpha value is -1.02. The van der Waals surface area contributed by atoms with Gasteiger partial charge in [0.2, 0.25) is 0 Å². The van der Waals surface area contributed by atoms with Gasteiger partial charge < -0.3 is 10.1 Å². The van der Waals surface area contributed by atoms with E-state index < -0.39 is 0 Å². The lowest BCUT2D eigenvalue weighted by Crippen LogP contribution is -2.28. The van der Waals surface area contributed by atoms with Crippen LogP contribution in [0, 0.1) is 11.8 Å². The molecule has 0 spiro atoms. The van der Waals surface area contributed by atoms with Crippen molar-refractivity contribution in [3.05, 3.63) is 29.8 Å². The number of methoxy groups -OCH3 is 1. The molecule has 0 bridgehead atoms. The lowest BCUT2D eigenvalue weighted by Gasteiger charge is -2.26. The predicted octanol–water partition coefficient (Wildman–Crippen LogP) is 4.17. The van der Waals surface area contributed by atoms with Gasteiger partial charge in [-0.2, -0.15) is 0 Å². The first-order valence-corrected chi connectivity index (χ1v) is 7.62. The van der Waals surface area contributed by atoms with E-state index >= 15 is 0 Å². The largest absolute Gasteiger partial charge is 0.497 e. The molecule has 2 heteroatoms. The summed E-state index contributed by atoms with van der Waals surface area (Å²) in [6, 6.07) is 9.04. The van der Waals surface area contributed by atoms with E-state index in [-0.39, 0.29) is 0 Å². The average molecular weight is 261 g/mol. The average Bonchev–Trinajstić information content (AvgIpc) is 2.86. The standard InChI is InChI=1S/C17H27NO/c1-4-10-18-17(15-9-8-13(2)11-15)14-6-5-7-16(12-14)19-3/h5-7,12-13,15,17-18H,4,8-11H2,1-3H3. The molecule has 2 rings (SSSR count). The van der Waals surface area contributed by atoms with E-state index in [0.29, 0.717) is 6.04 Å². The highest BCUT2D eigenvalue weighted by molar-refractivity contribution is 5.31. The minimum atomic E-state index is 0.486. The summed E-state index contributed by atoms with van der Waals surface area (Å²) in [6.07, 6.45) is 5.25. The summed E-state index contributed by atoms with van der Waals surface area (Å²) in [5.74, 6) is 2.61. The molecule has 3 unspecified atom stereocenters. The fourth-order valence-electron chi connectivity index (χ4n) is 3.25. The van der Waals surface area contributed by atoms with Crippen molar-refractivity contribution in [1.82, 2.24) is 5.32 Å². The minimum absolute atomic E-state index is 0.486. The Morgan fingerprint density at radius 3 is 2.84 bits per heavy atom. The van der Waals surface area contributed by atoms with Crippen LogP contribution >= 0.6 is 0 Å². The number of hydrogen-bond donors (Lipinski definition) is 1. The third-order valence-electron chi connectivity index (χ3n) is 4.27. The van der Waals surface area contributed by atoms with E-state index in [1.165, 1.54) is 31.2 Å². The Morgan fingerprint density at radius 2 is 2.21 bits per heavy atom. The van der Waals surface area contributed by atoms with E-state index in [9.17, 15) is 0 Å². The molecule has 1 aromatic carbocycles. The molecule has 0 aliphatic heterocycles. The lowest BCUT2D eigenvalue weighted by molar-refractivity contribution is 0.356. The molecule has 0 saturated heterocycles. The maximum Gasteiger partial charge on any atom is 0.119 e. The van der Waals surface area contributed by atoms with Crippen molar-refractivity contribution in [2.45, 2.75) is 45.6 Å². The maximum absolute atomic E-state index is 5.37. The third-order valence-corrected chi connectivity index (χ3v) is 4.27. The topological polar surface area (TPSA) is 21.3 Å². The third kappa shape index (κ3) is 3.73. The summed E-state index contributed by atoms with van der Waals surface area (Å²) >= 11 is 0. The van der Waals surface area contributed by atoms with Gasteiger partial charge in [0.15, 0.2) is 0 Å². The van der Waals surface area contributed by atoms with Crippen molar-refractivity contribution in [2.24, 2.45) is 11.8 Å². The molecule has 106 valence electrons. The van der Waals surface area contributed by atoms with Crippen LogP contribution in [0.3, 0.4) is 0 Å². The van der Waals surface area contributed by atoms with Gasteiger partial charge >= 0.3 is 0 Å². The Labute approximate surface area is 117 Å². The Kier molecular flexibility index (Phi) is 5.26. The van der Waals surface area contributed by atoms with Gasteiger partial charge in [-0.25, -0.2) is 0 Å². The van der Waals surface area contributed by atoms with Crippen molar-refractivity contribution in [3.63, 3.8) is 0 Å². The van der Waals surface area contributed by atoms with Gasteiger partial charge in [-0.05, 0) is 55.3 Å². The highest BCUT2D eigenvalue weighted by Crippen LogP contribution is 2.39. The number of benzene rings is 1. The first-order valence-electron chi connectivity index (χ1n) is 7.62. The summed E-state index contributed by atoms with van der Waals surface area (Å²) < 4.78 is 5.37. The smallest absolute Gasteiger partial charge is 0.119 e. The van der Waals surface area contributed by atoms with Crippen molar-refractivity contribution in [3.8, 4) is 5.75 Å². The second kappa shape index (κ2) is 6.95. The van der Waals surface area contributed by atoms with Gasteiger partial charge in [0.05, 0.1) is 7.11 Å². The van der Waals surface area contributed by atoms with Crippen LogP contribution in [0.1, 0.15) is 51.1 Å². The van der Waals surface area contributed by atoms with Gasteiger partial charge in [0, 0.05) is 6.04 Å². The van der Waals surface area contributed by atoms with Crippen LogP contribution in [-0.4, -0.2) is 13.7 Å². The molecule has 0 radical (unpaired) electrons. The molecule has 1 aliphatic rings. The summed E-state index contributed by atoms with van der Waals surface area (Å²) in [6.45, 7) is 5.70. The fraction of sp³-hybridized carbons (Fsp3) is 0.647. The van der Waals surface area contributed by atoms with Gasteiger partial charge in [0.1, 0.15) is 5.75 Å². The van der Waals surface area contributed by atoms with Gasteiger partial charge in [-0.3, -0.25) is 0 Å². The molecule has 1 saturated carbocycles. The molecule has 1 fully saturated rings. The Bertz CT molecular complexity index is 391. The second-order valence-corrected chi connectivity index (χ2v) is 5.89. The lowest BCUT2D eigenvalue weighted by atomic mass is 9.90. The second-order valence-electron chi connectivity index (χ2n) is 5.89. The number of hydrogen-bond acceptors (Lipinski definition) is 2. The number of rotatable bonds is 6. The maximum atomic E-state index is 5.37. The van der Waals surface area contributed by atoms with Crippen LogP contribution in [-0.2, 0) is 0 Å². The Balaban J connectivity index is 2.15. The molecule has 0 heterocycles. The van der Waals surface area contributed by atoms with Crippen LogP contribution in [0.25, 0.3) is 0 Å². The van der Waals surface area contributed by atoms with Crippen molar-refractivity contribution in [2.75, 3.05) is 13.7 Å². The molecular weight excluding hydrogens is 234 g/mol. The van der Waals surface area contributed by atoms with E-state index in [4.69, 9.17) is 4.74 Å². The van der Waals surface area contributed by atoms with Gasteiger partial charge in [-0.1, -0.05) is 32.4 Å². The zero-order valence-electron chi connectivity index (χ0n) is 12.5. The predicted molar refractivity (Wildman–Crippen MR) is 80.5 cm³/mol. The summed E-state index contributed by atoms with van der Waals surface area (Å²) in [7, 11) is 1.74. The zero-order valence-corrected chi connectivity index (χ0v) is 12.5. The van der Waals surface area contributed by atoms with E-state index in [1.807, 2.05) is 6.07 Å². The van der Waals surface area contributed by atoms with Crippen LogP contribution < -0.4 is 10.1 Å². The number of nitrogens with one attached hydrogen (secondary N) is 1. The van der Waals surface area contributed by atoms with Crippen molar-refractivity contribution < 1.29 is 4.74 Å². The van der Waals surface area contributed by atoms with Crippen LogP contribution in [0.5, 0.6) is 5.75 Å².